The van der Waals surface area contributed by atoms with Crippen LogP contribution in [0.1, 0.15) is 25.9 Å². The molecule has 0 saturated heterocycles. The van der Waals surface area contributed by atoms with Crippen molar-refractivity contribution in [1.82, 2.24) is 9.55 Å². The summed E-state index contributed by atoms with van der Waals surface area (Å²) < 4.78 is 1.51. The molecule has 1 N–H and O–H groups in total. The topological polar surface area (TPSA) is 72.2 Å². The highest BCUT2D eigenvalue weighted by molar-refractivity contribution is 7.13. The lowest BCUT2D eigenvalue weighted by molar-refractivity contribution is 0.0701. The van der Waals surface area contributed by atoms with E-state index in [4.69, 9.17) is 5.11 Å². The van der Waals surface area contributed by atoms with Gasteiger partial charge in [-0.1, -0.05) is 0 Å². The molecule has 0 aliphatic heterocycles. The smallest absolute Gasteiger partial charge is 0.347 e. The average molecular weight is 264 g/mol. The molecule has 5 nitrogen and oxygen atoms in total. The van der Waals surface area contributed by atoms with Gasteiger partial charge in [0.25, 0.3) is 5.56 Å². The fourth-order valence-corrected chi connectivity index (χ4v) is 2.50. The van der Waals surface area contributed by atoms with Crippen molar-refractivity contribution >= 4 is 17.3 Å². The fraction of sp³-hybridized carbons (Fsp3) is 0.250. The predicted molar refractivity (Wildman–Crippen MR) is 68.4 cm³/mol. The Labute approximate surface area is 107 Å². The average Bonchev–Trinajstić information content (AvgIpc) is 2.64. The van der Waals surface area contributed by atoms with Crippen molar-refractivity contribution in [2.75, 3.05) is 0 Å². The Bertz CT molecular complexity index is 658. The Kier molecular flexibility index (Phi) is 3.29. The number of rotatable bonds is 3. The zero-order valence-electron chi connectivity index (χ0n) is 10.0. The summed E-state index contributed by atoms with van der Waals surface area (Å²) in [4.78, 5) is 27.0. The Balaban J connectivity index is 2.32. The molecule has 0 atom stereocenters. The molecule has 0 saturated carbocycles. The third-order valence-electron chi connectivity index (χ3n) is 2.49. The van der Waals surface area contributed by atoms with Crippen molar-refractivity contribution in [3.63, 3.8) is 0 Å². The van der Waals surface area contributed by atoms with Crippen molar-refractivity contribution in [3.05, 3.63) is 49.8 Å². The number of carboxylic acid groups (broad SMARTS) is 1. The number of pyridine rings is 1. The number of hydrogen-bond acceptors (Lipinski definition) is 4. The summed E-state index contributed by atoms with van der Waals surface area (Å²) in [5, 5.41) is 9.56. The van der Waals surface area contributed by atoms with Crippen molar-refractivity contribution < 1.29 is 9.90 Å². The van der Waals surface area contributed by atoms with Gasteiger partial charge in [-0.3, -0.25) is 4.79 Å². The van der Waals surface area contributed by atoms with E-state index in [1.54, 1.807) is 19.2 Å². The van der Waals surface area contributed by atoms with E-state index >= 15 is 0 Å². The molecule has 2 heterocycles. The molecular weight excluding hydrogens is 252 g/mol. The second-order valence-corrected chi connectivity index (χ2v) is 5.08. The number of aromatic carboxylic acids is 1. The highest BCUT2D eigenvalue weighted by atomic mass is 32.1. The second kappa shape index (κ2) is 4.73. The lowest BCUT2D eigenvalue weighted by Crippen LogP contribution is -2.19. The van der Waals surface area contributed by atoms with Crippen LogP contribution in [0.2, 0.25) is 0 Å². The normalized spacial score (nSPS) is 10.6. The van der Waals surface area contributed by atoms with Crippen LogP contribution in [-0.4, -0.2) is 20.6 Å². The summed E-state index contributed by atoms with van der Waals surface area (Å²) in [5.74, 6) is -0.979. The summed E-state index contributed by atoms with van der Waals surface area (Å²) in [6.45, 7) is 3.81. The lowest BCUT2D eigenvalue weighted by atomic mass is 10.3. The number of nitrogens with zero attached hydrogens (tertiary/aromatic N) is 2. The number of aryl methyl sites for hydroxylation is 2. The molecule has 0 amide bonds. The maximum Gasteiger partial charge on any atom is 0.347 e. The Hall–Kier alpha value is -1.95. The molecule has 0 aliphatic rings. The van der Waals surface area contributed by atoms with Crippen LogP contribution in [0.25, 0.3) is 0 Å². The Morgan fingerprint density at radius 3 is 2.78 bits per heavy atom. The van der Waals surface area contributed by atoms with Gasteiger partial charge in [-0.2, -0.15) is 0 Å². The first-order valence-electron chi connectivity index (χ1n) is 5.34. The molecule has 94 valence electrons. The first kappa shape index (κ1) is 12.5. The highest BCUT2D eigenvalue weighted by Crippen LogP contribution is 2.18. The first-order chi connectivity index (χ1) is 8.47. The maximum atomic E-state index is 11.7. The maximum absolute atomic E-state index is 11.7. The van der Waals surface area contributed by atoms with E-state index in [1.165, 1.54) is 4.57 Å². The number of hydrogen-bond donors (Lipinski definition) is 1. The number of aromatic nitrogens is 2. The van der Waals surface area contributed by atoms with Gasteiger partial charge in [-0.05, 0) is 25.5 Å². The van der Waals surface area contributed by atoms with Gasteiger partial charge in [0.05, 0.1) is 12.2 Å². The molecule has 2 aromatic rings. The van der Waals surface area contributed by atoms with Gasteiger partial charge >= 0.3 is 5.97 Å². The van der Waals surface area contributed by atoms with Gasteiger partial charge in [0.1, 0.15) is 9.88 Å². The summed E-state index contributed by atoms with van der Waals surface area (Å²) in [6.07, 6.45) is 1.69. The summed E-state index contributed by atoms with van der Waals surface area (Å²) in [7, 11) is 0. The van der Waals surface area contributed by atoms with Crippen LogP contribution in [0.15, 0.2) is 23.1 Å². The van der Waals surface area contributed by atoms with E-state index in [2.05, 4.69) is 4.98 Å². The fourth-order valence-electron chi connectivity index (χ4n) is 1.60. The predicted octanol–water partition coefficient (Wildman–Crippen LogP) is 1.67. The Morgan fingerprint density at radius 2 is 2.22 bits per heavy atom. The molecule has 2 rings (SSSR count). The van der Waals surface area contributed by atoms with Gasteiger partial charge in [-0.15, -0.1) is 11.3 Å². The quantitative estimate of drug-likeness (QED) is 0.915. The van der Waals surface area contributed by atoms with Crippen LogP contribution in [0, 0.1) is 13.8 Å². The van der Waals surface area contributed by atoms with Gasteiger partial charge < -0.3 is 9.67 Å². The van der Waals surface area contributed by atoms with E-state index < -0.39 is 5.97 Å². The number of carboxylic acids is 1. The molecule has 0 aromatic carbocycles. The molecule has 0 unspecified atom stereocenters. The van der Waals surface area contributed by atoms with Gasteiger partial charge in [0.2, 0.25) is 0 Å². The van der Waals surface area contributed by atoms with Crippen LogP contribution < -0.4 is 5.56 Å². The number of thiazole rings is 1. The zero-order valence-corrected chi connectivity index (χ0v) is 10.8. The van der Waals surface area contributed by atoms with Crippen LogP contribution in [0.5, 0.6) is 0 Å². The first-order valence-corrected chi connectivity index (χ1v) is 6.15. The van der Waals surface area contributed by atoms with Crippen LogP contribution in [0.3, 0.4) is 0 Å². The van der Waals surface area contributed by atoms with Crippen molar-refractivity contribution in [2.45, 2.75) is 20.4 Å². The Morgan fingerprint density at radius 1 is 1.50 bits per heavy atom. The standard InChI is InChI=1S/C12H12N2O3S/c1-7-3-4-14(10(15)5-7)6-9-13-8(2)11(18-9)12(16)17/h3-5H,6H2,1-2H3,(H,16,17). The lowest BCUT2D eigenvalue weighted by Gasteiger charge is -2.02. The van der Waals surface area contributed by atoms with Crippen molar-refractivity contribution in [1.29, 1.82) is 0 Å². The summed E-state index contributed by atoms with van der Waals surface area (Å²) in [6, 6.07) is 3.37. The molecule has 0 radical (unpaired) electrons. The van der Waals surface area contributed by atoms with E-state index in [0.717, 1.165) is 16.9 Å². The molecule has 0 bridgehead atoms. The summed E-state index contributed by atoms with van der Waals surface area (Å²) in [5.41, 5.74) is 1.28. The molecule has 0 aliphatic carbocycles. The largest absolute Gasteiger partial charge is 0.477 e. The molecule has 6 heteroatoms. The second-order valence-electron chi connectivity index (χ2n) is 4.00. The van der Waals surface area contributed by atoms with Crippen molar-refractivity contribution in [2.24, 2.45) is 0 Å². The highest BCUT2D eigenvalue weighted by Gasteiger charge is 2.14. The SMILES string of the molecule is Cc1ccn(Cc2nc(C)c(C(=O)O)s2)c(=O)c1. The van der Waals surface area contributed by atoms with Crippen LogP contribution in [-0.2, 0) is 6.54 Å². The third-order valence-corrected chi connectivity index (χ3v) is 3.62. The third kappa shape index (κ3) is 2.48. The van der Waals surface area contributed by atoms with E-state index in [9.17, 15) is 9.59 Å². The molecule has 0 spiro atoms. The van der Waals surface area contributed by atoms with E-state index in [0.29, 0.717) is 17.2 Å². The molecule has 18 heavy (non-hydrogen) atoms. The van der Waals surface area contributed by atoms with Gasteiger partial charge in [-0.25, -0.2) is 9.78 Å². The van der Waals surface area contributed by atoms with Gasteiger partial charge in [0, 0.05) is 12.3 Å². The monoisotopic (exact) mass is 264 g/mol. The minimum absolute atomic E-state index is 0.111. The number of carbonyl (C=O) groups is 1. The van der Waals surface area contributed by atoms with Gasteiger partial charge in [0.15, 0.2) is 0 Å². The van der Waals surface area contributed by atoms with E-state index in [-0.39, 0.29) is 10.4 Å². The van der Waals surface area contributed by atoms with Crippen LogP contribution in [0.4, 0.5) is 0 Å². The minimum Gasteiger partial charge on any atom is -0.477 e. The zero-order chi connectivity index (χ0) is 13.3. The minimum atomic E-state index is -0.979. The molecule has 0 fully saturated rings. The molecule has 2 aromatic heterocycles. The molecular formula is C12H12N2O3S. The van der Waals surface area contributed by atoms with Crippen molar-refractivity contribution in [3.8, 4) is 0 Å². The summed E-state index contributed by atoms with van der Waals surface area (Å²) >= 11 is 1.10. The van der Waals surface area contributed by atoms with E-state index in [1.807, 2.05) is 13.0 Å². The van der Waals surface area contributed by atoms with Crippen LogP contribution >= 0.6 is 11.3 Å².